The molecule has 0 fully saturated rings. The number of thiazole rings is 1. The number of hydrogen-bond acceptors (Lipinski definition) is 5. The summed E-state index contributed by atoms with van der Waals surface area (Å²) >= 11 is 2.94. The van der Waals surface area contributed by atoms with E-state index in [1.807, 2.05) is 6.07 Å². The second kappa shape index (κ2) is 12.2. The molecule has 0 aliphatic heterocycles. The number of hydrogen-bond donors (Lipinski definition) is 2. The van der Waals surface area contributed by atoms with Crippen molar-refractivity contribution < 1.29 is 13.2 Å². The molecule has 1 aromatic heterocycles. The van der Waals surface area contributed by atoms with Gasteiger partial charge >= 0.3 is 0 Å². The maximum atomic E-state index is 12.8. The third-order valence-corrected chi connectivity index (χ3v) is 7.10. The molecule has 3 aromatic rings. The average molecular weight is 594 g/mol. The summed E-state index contributed by atoms with van der Waals surface area (Å²) in [6, 6.07) is 13.5. The fourth-order valence-corrected chi connectivity index (χ4v) is 5.23. The number of nitrogens with one attached hydrogen (secondary N) is 2. The molecule has 2 aromatic carbocycles. The first-order valence-electron chi connectivity index (χ1n) is 10.5. The summed E-state index contributed by atoms with van der Waals surface area (Å²) in [7, 11) is -3.75. The lowest BCUT2D eigenvalue weighted by molar-refractivity contribution is 0.272. The average Bonchev–Trinajstić information content (AvgIpc) is 3.24. The van der Waals surface area contributed by atoms with E-state index in [1.54, 1.807) is 70.4 Å². The SMILES string of the molecule is CCCCCCC#Cc1ccc(S(=O)(=O)Nc2cccc(-c3csc(NC(=O)I)n3)c2)cc1. The third kappa shape index (κ3) is 7.84. The molecule has 33 heavy (non-hydrogen) atoms. The van der Waals surface area contributed by atoms with Gasteiger partial charge in [0, 0.05) is 51.2 Å². The number of halogens is 1. The van der Waals surface area contributed by atoms with Crippen molar-refractivity contribution in [1.82, 2.24) is 4.98 Å². The van der Waals surface area contributed by atoms with Crippen LogP contribution in [-0.2, 0) is 10.0 Å². The van der Waals surface area contributed by atoms with Crippen LogP contribution in [0.25, 0.3) is 11.3 Å². The number of carbonyl (C=O) groups is 1. The number of anilines is 2. The van der Waals surface area contributed by atoms with Crippen molar-refractivity contribution in [2.45, 2.75) is 43.9 Å². The topological polar surface area (TPSA) is 88.2 Å². The lowest BCUT2D eigenvalue weighted by Crippen LogP contribution is -2.12. The van der Waals surface area contributed by atoms with Gasteiger partial charge in [-0.2, -0.15) is 0 Å². The standard InChI is InChI=1S/C24H24IN3O3S2/c1-2-3-4-5-6-7-9-18-12-14-21(15-13-18)33(30,31)28-20-11-8-10-19(16-20)22-17-32-24(26-22)27-23(25)29/h8,10-17,28H,2-6H2,1H3,(H,26,27,29). The highest BCUT2D eigenvalue weighted by Gasteiger charge is 2.15. The third-order valence-electron chi connectivity index (χ3n) is 4.67. The van der Waals surface area contributed by atoms with Gasteiger partial charge in [-0.25, -0.2) is 13.4 Å². The minimum absolute atomic E-state index is 0.169. The predicted octanol–water partition coefficient (Wildman–Crippen LogP) is 6.90. The fourth-order valence-electron chi connectivity index (χ4n) is 3.03. The summed E-state index contributed by atoms with van der Waals surface area (Å²) in [6.07, 6.45) is 5.56. The zero-order chi connectivity index (χ0) is 23.7. The summed E-state index contributed by atoms with van der Waals surface area (Å²) in [5.74, 6) is 6.24. The Morgan fingerprint density at radius 2 is 1.91 bits per heavy atom. The van der Waals surface area contributed by atoms with Crippen LogP contribution in [0.1, 0.15) is 44.6 Å². The van der Waals surface area contributed by atoms with Gasteiger partial charge < -0.3 is 0 Å². The van der Waals surface area contributed by atoms with E-state index >= 15 is 0 Å². The lowest BCUT2D eigenvalue weighted by Gasteiger charge is -2.09. The Balaban J connectivity index is 1.67. The number of rotatable bonds is 9. The van der Waals surface area contributed by atoms with Gasteiger partial charge in [-0.15, -0.1) is 11.3 Å². The molecule has 0 bridgehead atoms. The summed E-state index contributed by atoms with van der Waals surface area (Å²) < 4.78 is 28.1. The Morgan fingerprint density at radius 3 is 2.64 bits per heavy atom. The van der Waals surface area contributed by atoms with Crippen LogP contribution in [0.4, 0.5) is 15.6 Å². The molecule has 0 atom stereocenters. The summed E-state index contributed by atoms with van der Waals surface area (Å²) in [4.78, 5) is 15.7. The van der Waals surface area contributed by atoms with Crippen LogP contribution in [0, 0.1) is 11.8 Å². The highest BCUT2D eigenvalue weighted by molar-refractivity contribution is 14.1. The Kier molecular flexibility index (Phi) is 9.29. The highest BCUT2D eigenvalue weighted by atomic mass is 127. The molecule has 0 unspecified atom stereocenters. The molecular weight excluding hydrogens is 569 g/mol. The van der Waals surface area contributed by atoms with Crippen LogP contribution in [0.3, 0.4) is 0 Å². The number of unbranched alkanes of at least 4 members (excludes halogenated alkanes) is 4. The predicted molar refractivity (Wildman–Crippen MR) is 143 cm³/mol. The largest absolute Gasteiger partial charge is 0.293 e. The number of benzene rings is 2. The smallest absolute Gasteiger partial charge is 0.286 e. The van der Waals surface area contributed by atoms with Gasteiger partial charge in [-0.05, 0) is 42.8 Å². The van der Waals surface area contributed by atoms with Gasteiger partial charge in [-0.1, -0.05) is 50.2 Å². The van der Waals surface area contributed by atoms with Crippen molar-refractivity contribution >= 4 is 58.7 Å². The summed E-state index contributed by atoms with van der Waals surface area (Å²) in [5.41, 5.74) is 2.61. The minimum Gasteiger partial charge on any atom is -0.293 e. The Bertz CT molecular complexity index is 1260. The summed E-state index contributed by atoms with van der Waals surface area (Å²) in [5, 5.41) is 4.92. The highest BCUT2D eigenvalue weighted by Crippen LogP contribution is 2.28. The second-order valence-electron chi connectivity index (χ2n) is 7.26. The molecule has 1 heterocycles. The number of nitrogens with zero attached hydrogens (tertiary/aromatic N) is 1. The first-order chi connectivity index (χ1) is 15.9. The van der Waals surface area contributed by atoms with Crippen molar-refractivity contribution in [3.8, 4) is 23.1 Å². The molecule has 0 aliphatic carbocycles. The lowest BCUT2D eigenvalue weighted by atomic mass is 10.1. The van der Waals surface area contributed by atoms with Gasteiger partial charge in [0.25, 0.3) is 13.9 Å². The van der Waals surface area contributed by atoms with E-state index in [2.05, 4.69) is 33.8 Å². The van der Waals surface area contributed by atoms with Gasteiger partial charge in [-0.3, -0.25) is 14.8 Å². The maximum absolute atomic E-state index is 12.8. The van der Waals surface area contributed by atoms with Gasteiger partial charge in [0.1, 0.15) is 0 Å². The van der Waals surface area contributed by atoms with E-state index in [9.17, 15) is 13.2 Å². The van der Waals surface area contributed by atoms with E-state index < -0.39 is 10.0 Å². The van der Waals surface area contributed by atoms with Crippen LogP contribution < -0.4 is 10.0 Å². The molecule has 3 rings (SSSR count). The Morgan fingerprint density at radius 1 is 1.12 bits per heavy atom. The molecule has 0 aliphatic rings. The first kappa shape index (κ1) is 25.2. The maximum Gasteiger partial charge on any atom is 0.286 e. The monoisotopic (exact) mass is 593 g/mol. The van der Waals surface area contributed by atoms with Crippen LogP contribution in [-0.4, -0.2) is 17.3 Å². The van der Waals surface area contributed by atoms with E-state index in [-0.39, 0.29) is 8.81 Å². The van der Waals surface area contributed by atoms with Crippen molar-refractivity contribution in [1.29, 1.82) is 0 Å². The molecule has 0 spiro atoms. The molecule has 172 valence electrons. The van der Waals surface area contributed by atoms with Crippen molar-refractivity contribution in [2.75, 3.05) is 10.0 Å². The zero-order valence-corrected chi connectivity index (χ0v) is 21.9. The number of amides is 1. The van der Waals surface area contributed by atoms with Crippen LogP contribution >= 0.6 is 33.9 Å². The Labute approximate surface area is 212 Å². The van der Waals surface area contributed by atoms with Crippen molar-refractivity contribution in [3.05, 3.63) is 59.5 Å². The van der Waals surface area contributed by atoms with E-state index in [0.29, 0.717) is 16.5 Å². The molecule has 6 nitrogen and oxygen atoms in total. The molecule has 1 amide bonds. The number of sulfonamides is 1. The Hall–Kier alpha value is -2.42. The van der Waals surface area contributed by atoms with Crippen LogP contribution in [0.5, 0.6) is 0 Å². The number of aromatic nitrogens is 1. The zero-order valence-electron chi connectivity index (χ0n) is 18.1. The first-order valence-corrected chi connectivity index (χ1v) is 14.0. The molecule has 0 saturated heterocycles. The summed E-state index contributed by atoms with van der Waals surface area (Å²) in [6.45, 7) is 2.18. The molecular formula is C24H24IN3O3S2. The minimum atomic E-state index is -3.75. The van der Waals surface area contributed by atoms with Gasteiger partial charge in [0.15, 0.2) is 5.13 Å². The molecule has 0 saturated carbocycles. The fraction of sp³-hybridized carbons (Fsp3) is 0.250. The van der Waals surface area contributed by atoms with Gasteiger partial charge in [0.05, 0.1) is 10.6 Å². The van der Waals surface area contributed by atoms with Gasteiger partial charge in [0.2, 0.25) is 0 Å². The van der Waals surface area contributed by atoms with Crippen molar-refractivity contribution in [2.24, 2.45) is 0 Å². The molecule has 2 N–H and O–H groups in total. The van der Waals surface area contributed by atoms with Crippen molar-refractivity contribution in [3.63, 3.8) is 0 Å². The second-order valence-corrected chi connectivity index (χ2v) is 10.8. The quantitative estimate of drug-likeness (QED) is 0.0929. The van der Waals surface area contributed by atoms with E-state index in [4.69, 9.17) is 0 Å². The van der Waals surface area contributed by atoms with E-state index in [0.717, 1.165) is 24.0 Å². The van der Waals surface area contributed by atoms with Crippen LogP contribution in [0.15, 0.2) is 58.8 Å². The normalized spacial score (nSPS) is 10.8. The van der Waals surface area contributed by atoms with Crippen LogP contribution in [0.2, 0.25) is 0 Å². The molecule has 0 radical (unpaired) electrons. The van der Waals surface area contributed by atoms with E-state index in [1.165, 1.54) is 30.6 Å². The molecule has 9 heteroatoms. The number of carbonyl (C=O) groups excluding carboxylic acids is 1.